The Morgan fingerprint density at radius 2 is 1.84 bits per heavy atom. The number of anilines is 1. The first-order valence-electron chi connectivity index (χ1n) is 11.8. The number of aromatic amines is 1. The van der Waals surface area contributed by atoms with Gasteiger partial charge >= 0.3 is 12.1 Å². The number of rotatable bonds is 7. The number of aryl methyl sites for hydroxylation is 1. The van der Waals surface area contributed by atoms with E-state index in [2.05, 4.69) is 20.4 Å². The molecule has 3 N–H and O–H groups in total. The highest BCUT2D eigenvalue weighted by Crippen LogP contribution is 2.35. The summed E-state index contributed by atoms with van der Waals surface area (Å²) in [4.78, 5) is 31.3. The van der Waals surface area contributed by atoms with Crippen LogP contribution in [0, 0.1) is 6.92 Å². The molecule has 10 heteroatoms. The third-order valence-corrected chi connectivity index (χ3v) is 6.52. The summed E-state index contributed by atoms with van der Waals surface area (Å²) in [5.74, 6) is -0.528. The normalized spacial score (nSPS) is 11.9. The van der Waals surface area contributed by atoms with Crippen LogP contribution in [0.2, 0.25) is 5.02 Å². The van der Waals surface area contributed by atoms with Crippen molar-refractivity contribution in [1.82, 2.24) is 15.1 Å². The number of ether oxygens (including phenoxy) is 1. The van der Waals surface area contributed by atoms with Gasteiger partial charge in [0.05, 0.1) is 23.8 Å². The summed E-state index contributed by atoms with van der Waals surface area (Å²) in [5.41, 5.74) is 6.09. The van der Waals surface area contributed by atoms with Gasteiger partial charge in [-0.1, -0.05) is 71.4 Å². The number of hydrogen-bond donors (Lipinski definition) is 3. The zero-order valence-electron chi connectivity index (χ0n) is 20.5. The first-order valence-corrected chi connectivity index (χ1v) is 12.2. The van der Waals surface area contributed by atoms with Crippen molar-refractivity contribution in [2.45, 2.75) is 26.4 Å². The molecule has 1 unspecified atom stereocenters. The molecular weight excluding hydrogens is 508 g/mol. The van der Waals surface area contributed by atoms with E-state index in [-0.39, 0.29) is 6.42 Å². The fourth-order valence-corrected chi connectivity index (χ4v) is 4.60. The van der Waals surface area contributed by atoms with Crippen LogP contribution >= 0.6 is 11.6 Å². The molecule has 0 aliphatic rings. The van der Waals surface area contributed by atoms with Gasteiger partial charge in [0.15, 0.2) is 5.76 Å². The number of carbonyl (C=O) groups excluding carboxylic acids is 1. The lowest BCUT2D eigenvalue weighted by atomic mass is 9.98. The third-order valence-electron chi connectivity index (χ3n) is 6.18. The number of benzene rings is 3. The molecule has 0 aliphatic heterocycles. The second-order valence-corrected chi connectivity index (χ2v) is 9.12. The molecule has 0 bridgehead atoms. The van der Waals surface area contributed by atoms with Crippen molar-refractivity contribution >= 4 is 40.4 Å². The van der Waals surface area contributed by atoms with Gasteiger partial charge in [-0.3, -0.25) is 10.1 Å². The number of nitrogens with zero attached hydrogens (tertiary/aromatic N) is 2. The van der Waals surface area contributed by atoms with E-state index in [1.807, 2.05) is 42.5 Å². The first kappa shape index (κ1) is 25.0. The lowest BCUT2D eigenvalue weighted by Crippen LogP contribution is -2.17. The van der Waals surface area contributed by atoms with Gasteiger partial charge in [-0.15, -0.1) is 0 Å². The number of carboxylic acid groups (broad SMARTS) is 1. The Kier molecular flexibility index (Phi) is 6.85. The highest BCUT2D eigenvalue weighted by Gasteiger charge is 2.21. The minimum atomic E-state index is -0.916. The van der Waals surface area contributed by atoms with E-state index < -0.39 is 18.2 Å². The Labute approximate surface area is 222 Å². The highest BCUT2D eigenvalue weighted by atomic mass is 35.5. The summed E-state index contributed by atoms with van der Waals surface area (Å²) >= 11 is 6.22. The lowest BCUT2D eigenvalue weighted by molar-refractivity contribution is -0.136. The van der Waals surface area contributed by atoms with E-state index in [4.69, 9.17) is 20.9 Å². The molecule has 0 saturated heterocycles. The number of carbonyl (C=O) groups is 2. The van der Waals surface area contributed by atoms with Gasteiger partial charge in [-0.25, -0.2) is 9.78 Å². The maximum atomic E-state index is 12.7. The van der Waals surface area contributed by atoms with Crippen molar-refractivity contribution in [2.24, 2.45) is 0 Å². The van der Waals surface area contributed by atoms with Gasteiger partial charge in [-0.2, -0.15) is 0 Å². The van der Waals surface area contributed by atoms with Gasteiger partial charge in [0.25, 0.3) is 0 Å². The maximum absolute atomic E-state index is 12.7. The maximum Gasteiger partial charge on any atom is 0.412 e. The van der Waals surface area contributed by atoms with Crippen molar-refractivity contribution in [1.29, 1.82) is 0 Å². The minimum absolute atomic E-state index is 0.110. The van der Waals surface area contributed by atoms with Crippen molar-refractivity contribution in [3.63, 3.8) is 0 Å². The van der Waals surface area contributed by atoms with Crippen LogP contribution in [-0.4, -0.2) is 32.3 Å². The van der Waals surface area contributed by atoms with E-state index in [0.717, 1.165) is 16.6 Å². The fraction of sp³-hybridized carbons (Fsp3) is 0.143. The zero-order valence-corrected chi connectivity index (χ0v) is 21.2. The Morgan fingerprint density at radius 1 is 1.11 bits per heavy atom. The third kappa shape index (κ3) is 4.96. The van der Waals surface area contributed by atoms with E-state index in [1.54, 1.807) is 38.4 Å². The second-order valence-electron chi connectivity index (χ2n) is 8.71. The van der Waals surface area contributed by atoms with Crippen LogP contribution in [0.3, 0.4) is 0 Å². The van der Waals surface area contributed by atoms with Crippen molar-refractivity contribution in [3.05, 3.63) is 88.8 Å². The molecular formula is C28H23ClN4O5. The Morgan fingerprint density at radius 3 is 2.58 bits per heavy atom. The average molecular weight is 531 g/mol. The smallest absolute Gasteiger partial charge is 0.412 e. The summed E-state index contributed by atoms with van der Waals surface area (Å²) < 4.78 is 11.1. The minimum Gasteiger partial charge on any atom is -0.481 e. The van der Waals surface area contributed by atoms with Crippen LogP contribution < -0.4 is 5.32 Å². The number of H-pyrrole nitrogens is 1. The van der Waals surface area contributed by atoms with Crippen molar-refractivity contribution in [2.75, 3.05) is 5.32 Å². The first-order chi connectivity index (χ1) is 18.3. The van der Waals surface area contributed by atoms with Crippen LogP contribution in [0.15, 0.2) is 71.5 Å². The summed E-state index contributed by atoms with van der Waals surface area (Å²) in [6, 6.07) is 18.3. The predicted molar refractivity (Wildman–Crippen MR) is 143 cm³/mol. The molecule has 192 valence electrons. The van der Waals surface area contributed by atoms with Gasteiger partial charge < -0.3 is 19.4 Å². The number of aliphatic carboxylic acids is 1. The van der Waals surface area contributed by atoms with Crippen LogP contribution in [0.1, 0.15) is 29.8 Å². The zero-order chi connectivity index (χ0) is 26.8. The number of carboxylic acids is 1. The monoisotopic (exact) mass is 530 g/mol. The van der Waals surface area contributed by atoms with Gasteiger partial charge in [0.1, 0.15) is 17.5 Å². The molecule has 5 rings (SSSR count). The molecule has 0 aliphatic carbocycles. The van der Waals surface area contributed by atoms with Gasteiger partial charge in [0.2, 0.25) is 0 Å². The van der Waals surface area contributed by atoms with E-state index >= 15 is 0 Å². The number of amides is 1. The molecule has 9 nitrogen and oxygen atoms in total. The van der Waals surface area contributed by atoms with Crippen LogP contribution in [0.25, 0.3) is 33.5 Å². The molecule has 0 spiro atoms. The number of imidazole rings is 1. The van der Waals surface area contributed by atoms with E-state index in [9.17, 15) is 14.7 Å². The molecule has 0 fully saturated rings. The summed E-state index contributed by atoms with van der Waals surface area (Å²) in [6.45, 7) is 3.47. The molecule has 5 aromatic rings. The number of nitrogens with one attached hydrogen (secondary N) is 2. The molecule has 38 heavy (non-hydrogen) atoms. The molecule has 1 amide bonds. The number of hydrogen-bond acceptors (Lipinski definition) is 6. The molecule has 2 heterocycles. The fourth-order valence-electron chi connectivity index (χ4n) is 4.31. The summed E-state index contributed by atoms with van der Waals surface area (Å²) in [7, 11) is 0. The quantitative estimate of drug-likeness (QED) is 0.211. The largest absolute Gasteiger partial charge is 0.481 e. The molecule has 0 saturated carbocycles. The summed E-state index contributed by atoms with van der Waals surface area (Å²) in [6.07, 6.45) is 0.216. The lowest BCUT2D eigenvalue weighted by Gasteiger charge is -2.15. The molecule has 2 aromatic heterocycles. The standard InChI is InChI=1S/C28H23ClN4O5/c1-15-24(32-28(36)37-16(2)20-5-3-4-6-22(20)29)27(38-33-15)18-9-7-17(8-10-18)21-12-11-19(13-23(34)35)25-26(21)31-14-30-25/h3-12,14,16H,13H2,1-2H3,(H,30,31)(H,32,36)(H,34,35). The van der Waals surface area contributed by atoms with Gasteiger partial charge in [0, 0.05) is 21.7 Å². The Hall–Kier alpha value is -4.63. The van der Waals surface area contributed by atoms with Crippen LogP contribution in [0.5, 0.6) is 0 Å². The molecule has 3 aromatic carbocycles. The number of fused-ring (bicyclic) bond motifs is 1. The van der Waals surface area contributed by atoms with Crippen LogP contribution in [0.4, 0.5) is 10.5 Å². The Balaban J connectivity index is 1.37. The number of halogens is 1. The average Bonchev–Trinajstić information content (AvgIpc) is 3.52. The second kappa shape index (κ2) is 10.4. The van der Waals surface area contributed by atoms with Crippen molar-refractivity contribution in [3.8, 4) is 22.5 Å². The van der Waals surface area contributed by atoms with E-state index in [1.165, 1.54) is 0 Å². The highest BCUT2D eigenvalue weighted by molar-refractivity contribution is 6.31. The molecule has 1 atom stereocenters. The van der Waals surface area contributed by atoms with Gasteiger partial charge in [-0.05, 0) is 31.0 Å². The van der Waals surface area contributed by atoms with Crippen LogP contribution in [-0.2, 0) is 16.0 Å². The van der Waals surface area contributed by atoms with E-state index in [0.29, 0.717) is 44.4 Å². The molecule has 0 radical (unpaired) electrons. The van der Waals surface area contributed by atoms with Crippen molar-refractivity contribution < 1.29 is 24.0 Å². The Bertz CT molecular complexity index is 1640. The SMILES string of the molecule is Cc1noc(-c2ccc(-c3ccc(CC(=O)O)c4nc[nH]c34)cc2)c1NC(=O)OC(C)c1ccccc1Cl. The topological polar surface area (TPSA) is 130 Å². The predicted octanol–water partition coefficient (Wildman–Crippen LogP) is 6.78. The number of aromatic nitrogens is 3. The summed E-state index contributed by atoms with van der Waals surface area (Å²) in [5, 5.41) is 16.5.